The number of hydrogen-bond acceptors (Lipinski definition) is 2. The third-order valence-electron chi connectivity index (χ3n) is 2.39. The SMILES string of the molecule is Cc1ccc(C)c([C@H](C)NCC#N)c1. The number of nitriles is 1. The maximum absolute atomic E-state index is 8.47. The molecule has 0 spiro atoms. The number of hydrogen-bond donors (Lipinski definition) is 1. The summed E-state index contributed by atoms with van der Waals surface area (Å²) in [5.74, 6) is 0. The van der Waals surface area contributed by atoms with Crippen molar-refractivity contribution in [1.29, 1.82) is 5.26 Å². The summed E-state index contributed by atoms with van der Waals surface area (Å²) in [4.78, 5) is 0. The van der Waals surface area contributed by atoms with Gasteiger partial charge in [-0.3, -0.25) is 5.32 Å². The van der Waals surface area contributed by atoms with E-state index in [9.17, 15) is 0 Å². The van der Waals surface area contributed by atoms with Gasteiger partial charge in [0, 0.05) is 6.04 Å². The molecule has 0 heterocycles. The van der Waals surface area contributed by atoms with Crippen molar-refractivity contribution in [2.45, 2.75) is 26.8 Å². The first kappa shape index (κ1) is 10.7. The van der Waals surface area contributed by atoms with Crippen molar-refractivity contribution >= 4 is 0 Å². The van der Waals surface area contributed by atoms with Crippen molar-refractivity contribution in [3.63, 3.8) is 0 Å². The molecule has 1 rings (SSSR count). The lowest BCUT2D eigenvalue weighted by Crippen LogP contribution is -2.19. The van der Waals surface area contributed by atoms with Crippen LogP contribution in [0.1, 0.15) is 29.7 Å². The third-order valence-corrected chi connectivity index (χ3v) is 2.39. The Morgan fingerprint density at radius 1 is 1.43 bits per heavy atom. The minimum atomic E-state index is 0.245. The molecule has 0 aliphatic carbocycles. The van der Waals surface area contributed by atoms with Crippen LogP contribution >= 0.6 is 0 Å². The van der Waals surface area contributed by atoms with Gasteiger partial charge < -0.3 is 0 Å². The van der Waals surface area contributed by atoms with E-state index in [1.807, 2.05) is 0 Å². The fraction of sp³-hybridized carbons (Fsp3) is 0.417. The maximum Gasteiger partial charge on any atom is 0.0845 e. The van der Waals surface area contributed by atoms with Gasteiger partial charge in [0.2, 0.25) is 0 Å². The third kappa shape index (κ3) is 2.58. The molecule has 0 aromatic heterocycles. The number of nitrogens with one attached hydrogen (secondary N) is 1. The zero-order chi connectivity index (χ0) is 10.6. The molecule has 0 saturated heterocycles. The van der Waals surface area contributed by atoms with Gasteiger partial charge in [0.15, 0.2) is 0 Å². The van der Waals surface area contributed by atoms with E-state index in [4.69, 9.17) is 5.26 Å². The molecule has 0 unspecified atom stereocenters. The van der Waals surface area contributed by atoms with Crippen molar-refractivity contribution < 1.29 is 0 Å². The fourth-order valence-electron chi connectivity index (χ4n) is 1.54. The second-order valence-corrected chi connectivity index (χ2v) is 3.62. The van der Waals surface area contributed by atoms with Crippen molar-refractivity contribution in [1.82, 2.24) is 5.32 Å². The molecule has 1 atom stereocenters. The molecule has 0 bridgehead atoms. The van der Waals surface area contributed by atoms with Gasteiger partial charge in [-0.15, -0.1) is 0 Å². The van der Waals surface area contributed by atoms with E-state index in [0.29, 0.717) is 6.54 Å². The van der Waals surface area contributed by atoms with E-state index < -0.39 is 0 Å². The zero-order valence-electron chi connectivity index (χ0n) is 8.96. The Kier molecular flexibility index (Phi) is 3.67. The molecule has 0 aliphatic heterocycles. The molecule has 2 heteroatoms. The monoisotopic (exact) mass is 188 g/mol. The van der Waals surface area contributed by atoms with Crippen molar-refractivity contribution in [2.75, 3.05) is 6.54 Å². The lowest BCUT2D eigenvalue weighted by molar-refractivity contribution is 0.617. The maximum atomic E-state index is 8.47. The van der Waals surface area contributed by atoms with Crippen LogP contribution in [0.3, 0.4) is 0 Å². The summed E-state index contributed by atoms with van der Waals surface area (Å²) in [7, 11) is 0. The molecule has 0 radical (unpaired) electrons. The summed E-state index contributed by atoms with van der Waals surface area (Å²) in [6.07, 6.45) is 0. The van der Waals surface area contributed by atoms with Gasteiger partial charge in [-0.05, 0) is 31.9 Å². The van der Waals surface area contributed by atoms with Crippen LogP contribution in [-0.4, -0.2) is 6.54 Å². The summed E-state index contributed by atoms with van der Waals surface area (Å²) < 4.78 is 0. The van der Waals surface area contributed by atoms with E-state index in [1.165, 1.54) is 16.7 Å². The van der Waals surface area contributed by atoms with Crippen LogP contribution < -0.4 is 5.32 Å². The van der Waals surface area contributed by atoms with Crippen LogP contribution in [0.15, 0.2) is 18.2 Å². The molecule has 1 aromatic rings. The summed E-state index contributed by atoms with van der Waals surface area (Å²) >= 11 is 0. The Bertz CT molecular complexity index is 350. The predicted molar refractivity (Wildman–Crippen MR) is 57.9 cm³/mol. The Morgan fingerprint density at radius 3 is 2.79 bits per heavy atom. The molecule has 0 saturated carbocycles. The summed E-state index contributed by atoms with van der Waals surface area (Å²) in [5, 5.41) is 11.6. The number of rotatable bonds is 3. The molecule has 0 fully saturated rings. The Balaban J connectivity index is 2.83. The molecular weight excluding hydrogens is 172 g/mol. The van der Waals surface area contributed by atoms with Gasteiger partial charge in [0.05, 0.1) is 12.6 Å². The number of benzene rings is 1. The predicted octanol–water partition coefficient (Wildman–Crippen LogP) is 2.48. The molecule has 2 nitrogen and oxygen atoms in total. The molecular formula is C12H16N2. The van der Waals surface area contributed by atoms with E-state index in [0.717, 1.165) is 0 Å². The van der Waals surface area contributed by atoms with Gasteiger partial charge >= 0.3 is 0 Å². The topological polar surface area (TPSA) is 35.8 Å². The smallest absolute Gasteiger partial charge is 0.0845 e. The van der Waals surface area contributed by atoms with E-state index in [-0.39, 0.29) is 6.04 Å². The van der Waals surface area contributed by atoms with E-state index in [1.54, 1.807) is 0 Å². The van der Waals surface area contributed by atoms with Crippen LogP contribution in [0, 0.1) is 25.2 Å². The molecule has 0 aliphatic rings. The van der Waals surface area contributed by atoms with Crippen LogP contribution in [0.25, 0.3) is 0 Å². The van der Waals surface area contributed by atoms with E-state index in [2.05, 4.69) is 50.4 Å². The van der Waals surface area contributed by atoms with Crippen molar-refractivity contribution in [3.8, 4) is 6.07 Å². The Hall–Kier alpha value is -1.33. The van der Waals surface area contributed by atoms with Gasteiger partial charge in [0.1, 0.15) is 0 Å². The van der Waals surface area contributed by atoms with Crippen LogP contribution in [0.5, 0.6) is 0 Å². The second-order valence-electron chi connectivity index (χ2n) is 3.62. The van der Waals surface area contributed by atoms with Crippen LogP contribution in [-0.2, 0) is 0 Å². The Morgan fingerprint density at radius 2 is 2.14 bits per heavy atom. The second kappa shape index (κ2) is 4.78. The highest BCUT2D eigenvalue weighted by atomic mass is 14.9. The van der Waals surface area contributed by atoms with Gasteiger partial charge in [-0.25, -0.2) is 0 Å². The van der Waals surface area contributed by atoms with Crippen molar-refractivity contribution in [2.24, 2.45) is 0 Å². The molecule has 0 amide bonds. The standard InChI is InChI=1S/C12H16N2/c1-9-4-5-10(2)12(8-9)11(3)14-7-6-13/h4-5,8,11,14H,7H2,1-3H3/t11-/m0/s1. The summed E-state index contributed by atoms with van der Waals surface area (Å²) in [6.45, 7) is 6.66. The van der Waals surface area contributed by atoms with Gasteiger partial charge in [0.25, 0.3) is 0 Å². The largest absolute Gasteiger partial charge is 0.298 e. The minimum Gasteiger partial charge on any atom is -0.298 e. The van der Waals surface area contributed by atoms with Crippen LogP contribution in [0.4, 0.5) is 0 Å². The molecule has 14 heavy (non-hydrogen) atoms. The number of aryl methyl sites for hydroxylation is 2. The first-order valence-corrected chi connectivity index (χ1v) is 4.82. The van der Waals surface area contributed by atoms with Gasteiger partial charge in [-0.2, -0.15) is 5.26 Å². The summed E-state index contributed by atoms with van der Waals surface area (Å²) in [5.41, 5.74) is 3.81. The zero-order valence-corrected chi connectivity index (χ0v) is 8.96. The molecule has 1 N–H and O–H groups in total. The minimum absolute atomic E-state index is 0.245. The van der Waals surface area contributed by atoms with Crippen LogP contribution in [0.2, 0.25) is 0 Å². The summed E-state index contributed by atoms with van der Waals surface area (Å²) in [6, 6.07) is 8.73. The highest BCUT2D eigenvalue weighted by Crippen LogP contribution is 2.18. The van der Waals surface area contributed by atoms with E-state index >= 15 is 0 Å². The average Bonchev–Trinajstić information content (AvgIpc) is 2.18. The quantitative estimate of drug-likeness (QED) is 0.740. The van der Waals surface area contributed by atoms with Crippen molar-refractivity contribution in [3.05, 3.63) is 34.9 Å². The fourth-order valence-corrected chi connectivity index (χ4v) is 1.54. The lowest BCUT2D eigenvalue weighted by atomic mass is 10.00. The highest BCUT2D eigenvalue weighted by Gasteiger charge is 2.06. The number of nitrogens with zero attached hydrogens (tertiary/aromatic N) is 1. The molecule has 1 aromatic carbocycles. The van der Waals surface area contributed by atoms with Gasteiger partial charge in [-0.1, -0.05) is 23.8 Å². The first-order chi connectivity index (χ1) is 6.65. The highest BCUT2D eigenvalue weighted by molar-refractivity contribution is 5.32. The molecule has 74 valence electrons. The normalized spacial score (nSPS) is 12.1. The Labute approximate surface area is 85.6 Å². The average molecular weight is 188 g/mol. The first-order valence-electron chi connectivity index (χ1n) is 4.82. The lowest BCUT2D eigenvalue weighted by Gasteiger charge is -2.15.